The Kier molecular flexibility index (Phi) is 2.50. The highest BCUT2D eigenvalue weighted by molar-refractivity contribution is 5.87. The maximum Gasteiger partial charge on any atom is 0.145 e. The summed E-state index contributed by atoms with van der Waals surface area (Å²) in [5.41, 5.74) is 1.08. The van der Waals surface area contributed by atoms with Crippen LogP contribution in [0.15, 0.2) is 18.6 Å². The van der Waals surface area contributed by atoms with E-state index < -0.39 is 0 Å². The first-order valence-electron chi connectivity index (χ1n) is 7.36. The first-order chi connectivity index (χ1) is 9.36. The Bertz CT molecular complexity index is 599. The molecule has 0 aromatic carbocycles. The number of hydrogen-bond acceptors (Lipinski definition) is 3. The molecule has 2 aromatic heterocycles. The molecule has 2 unspecified atom stereocenters. The smallest absolute Gasteiger partial charge is 0.145 e. The van der Waals surface area contributed by atoms with Crippen molar-refractivity contribution in [3.63, 3.8) is 0 Å². The second-order valence-corrected chi connectivity index (χ2v) is 6.00. The van der Waals surface area contributed by atoms with E-state index in [0.717, 1.165) is 28.7 Å². The van der Waals surface area contributed by atoms with Crippen LogP contribution in [0.4, 0.5) is 5.82 Å². The van der Waals surface area contributed by atoms with Gasteiger partial charge in [-0.2, -0.15) is 0 Å². The van der Waals surface area contributed by atoms with Crippen molar-refractivity contribution < 1.29 is 0 Å². The fourth-order valence-electron chi connectivity index (χ4n) is 3.70. The van der Waals surface area contributed by atoms with Crippen molar-refractivity contribution in [1.82, 2.24) is 14.5 Å². The molecule has 0 saturated heterocycles. The lowest BCUT2D eigenvalue weighted by Gasteiger charge is -2.14. The van der Waals surface area contributed by atoms with E-state index in [2.05, 4.69) is 32.1 Å². The average molecular weight is 256 g/mol. The Balaban J connectivity index is 1.68. The van der Waals surface area contributed by atoms with Gasteiger partial charge in [0, 0.05) is 19.3 Å². The van der Waals surface area contributed by atoms with Crippen LogP contribution >= 0.6 is 0 Å². The van der Waals surface area contributed by atoms with Crippen LogP contribution in [-0.2, 0) is 0 Å². The number of hydrogen-bond donors (Lipinski definition) is 1. The number of anilines is 1. The molecule has 2 heterocycles. The highest BCUT2D eigenvalue weighted by Crippen LogP contribution is 2.48. The molecular formula is C15H20N4. The van der Waals surface area contributed by atoms with Gasteiger partial charge in [-0.15, -0.1) is 0 Å². The standard InChI is InChI=1S/C15H20N4/c1-16-14-13-6-7-19(15(13)18-9-17-14)12-5-4-11(8-12)10-2-3-10/h6-7,9-12H,2-5,8H2,1H3,(H,16,17,18). The molecule has 4 rings (SSSR count). The van der Waals surface area contributed by atoms with Gasteiger partial charge in [-0.1, -0.05) is 0 Å². The minimum atomic E-state index is 0.641. The minimum absolute atomic E-state index is 0.641. The molecule has 1 N–H and O–H groups in total. The van der Waals surface area contributed by atoms with Crippen molar-refractivity contribution in [2.75, 3.05) is 12.4 Å². The lowest BCUT2D eigenvalue weighted by Crippen LogP contribution is -2.06. The number of nitrogens with one attached hydrogen (secondary N) is 1. The molecule has 2 saturated carbocycles. The van der Waals surface area contributed by atoms with Gasteiger partial charge >= 0.3 is 0 Å². The molecule has 0 amide bonds. The topological polar surface area (TPSA) is 42.7 Å². The van der Waals surface area contributed by atoms with Gasteiger partial charge in [-0.05, 0) is 50.0 Å². The molecule has 0 spiro atoms. The summed E-state index contributed by atoms with van der Waals surface area (Å²) in [6.07, 6.45) is 10.8. The molecule has 0 bridgehead atoms. The first kappa shape index (κ1) is 11.3. The molecule has 4 heteroatoms. The van der Waals surface area contributed by atoms with Crippen molar-refractivity contribution in [2.45, 2.75) is 38.1 Å². The number of rotatable bonds is 3. The van der Waals surface area contributed by atoms with Crippen LogP contribution < -0.4 is 5.32 Å². The van der Waals surface area contributed by atoms with Crippen LogP contribution in [0.25, 0.3) is 11.0 Å². The third-order valence-electron chi connectivity index (χ3n) is 4.87. The molecule has 2 aliphatic rings. The van der Waals surface area contributed by atoms with Crippen molar-refractivity contribution in [3.8, 4) is 0 Å². The van der Waals surface area contributed by atoms with Crippen LogP contribution in [0.3, 0.4) is 0 Å². The van der Waals surface area contributed by atoms with Crippen molar-refractivity contribution in [3.05, 3.63) is 18.6 Å². The minimum Gasteiger partial charge on any atom is -0.372 e. The van der Waals surface area contributed by atoms with Crippen molar-refractivity contribution in [2.24, 2.45) is 11.8 Å². The van der Waals surface area contributed by atoms with Gasteiger partial charge in [0.15, 0.2) is 0 Å². The van der Waals surface area contributed by atoms with Crippen LogP contribution in [0.2, 0.25) is 0 Å². The molecule has 0 aliphatic heterocycles. The normalized spacial score (nSPS) is 27.0. The maximum atomic E-state index is 4.49. The van der Waals surface area contributed by atoms with Crippen LogP contribution in [0, 0.1) is 11.8 Å². The largest absolute Gasteiger partial charge is 0.372 e. The molecule has 19 heavy (non-hydrogen) atoms. The second-order valence-electron chi connectivity index (χ2n) is 6.00. The molecule has 2 aliphatic carbocycles. The molecule has 2 aromatic rings. The van der Waals surface area contributed by atoms with E-state index in [-0.39, 0.29) is 0 Å². The lowest BCUT2D eigenvalue weighted by molar-refractivity contribution is 0.444. The average Bonchev–Trinajstić information content (AvgIpc) is 3.02. The Hall–Kier alpha value is -1.58. The van der Waals surface area contributed by atoms with Crippen LogP contribution in [-0.4, -0.2) is 21.6 Å². The summed E-state index contributed by atoms with van der Waals surface area (Å²) in [4.78, 5) is 8.77. The Morgan fingerprint density at radius 3 is 2.79 bits per heavy atom. The van der Waals surface area contributed by atoms with Gasteiger partial charge in [0.2, 0.25) is 0 Å². The van der Waals surface area contributed by atoms with E-state index in [9.17, 15) is 0 Å². The number of aromatic nitrogens is 3. The zero-order valence-electron chi connectivity index (χ0n) is 11.3. The van der Waals surface area contributed by atoms with Crippen LogP contribution in [0.1, 0.15) is 38.1 Å². The second kappa shape index (κ2) is 4.22. The number of fused-ring (bicyclic) bond motifs is 1. The van der Waals surface area contributed by atoms with Gasteiger partial charge < -0.3 is 9.88 Å². The van der Waals surface area contributed by atoms with Gasteiger partial charge in [-0.25, -0.2) is 9.97 Å². The van der Waals surface area contributed by atoms with E-state index in [0.29, 0.717) is 6.04 Å². The summed E-state index contributed by atoms with van der Waals surface area (Å²) >= 11 is 0. The third kappa shape index (κ3) is 1.81. The summed E-state index contributed by atoms with van der Waals surface area (Å²) < 4.78 is 2.38. The Labute approximate surface area is 113 Å². The molecule has 4 nitrogen and oxygen atoms in total. The fraction of sp³-hybridized carbons (Fsp3) is 0.600. The zero-order valence-corrected chi connectivity index (χ0v) is 11.3. The Morgan fingerprint density at radius 2 is 2.00 bits per heavy atom. The summed E-state index contributed by atoms with van der Waals surface area (Å²) in [5, 5.41) is 4.29. The maximum absolute atomic E-state index is 4.49. The first-order valence-corrected chi connectivity index (χ1v) is 7.36. The van der Waals surface area contributed by atoms with Crippen LogP contribution in [0.5, 0.6) is 0 Å². The summed E-state index contributed by atoms with van der Waals surface area (Å²) in [6.45, 7) is 0. The highest BCUT2D eigenvalue weighted by atomic mass is 15.1. The van der Waals surface area contributed by atoms with Gasteiger partial charge in [0.05, 0.1) is 5.39 Å². The highest BCUT2D eigenvalue weighted by Gasteiger charge is 2.37. The van der Waals surface area contributed by atoms with E-state index in [1.807, 2.05) is 7.05 Å². The molecule has 0 radical (unpaired) electrons. The fourth-order valence-corrected chi connectivity index (χ4v) is 3.70. The van der Waals surface area contributed by atoms with Gasteiger partial charge in [0.25, 0.3) is 0 Å². The summed E-state index contributed by atoms with van der Waals surface area (Å²) in [6, 6.07) is 2.79. The van der Waals surface area contributed by atoms with Gasteiger partial charge in [-0.3, -0.25) is 0 Å². The van der Waals surface area contributed by atoms with E-state index in [1.165, 1.54) is 32.1 Å². The van der Waals surface area contributed by atoms with Crippen molar-refractivity contribution >= 4 is 16.9 Å². The lowest BCUT2D eigenvalue weighted by atomic mass is 10.0. The molecule has 100 valence electrons. The van der Waals surface area contributed by atoms with E-state index >= 15 is 0 Å². The molecular weight excluding hydrogens is 236 g/mol. The van der Waals surface area contributed by atoms with Gasteiger partial charge in [0.1, 0.15) is 17.8 Å². The number of nitrogens with zero attached hydrogens (tertiary/aromatic N) is 3. The third-order valence-corrected chi connectivity index (χ3v) is 4.87. The predicted molar refractivity (Wildman–Crippen MR) is 76.2 cm³/mol. The zero-order chi connectivity index (χ0) is 12.8. The monoisotopic (exact) mass is 256 g/mol. The predicted octanol–water partition coefficient (Wildman–Crippen LogP) is 3.22. The van der Waals surface area contributed by atoms with E-state index in [1.54, 1.807) is 6.33 Å². The molecule has 2 fully saturated rings. The molecule has 2 atom stereocenters. The quantitative estimate of drug-likeness (QED) is 0.916. The van der Waals surface area contributed by atoms with Crippen molar-refractivity contribution in [1.29, 1.82) is 0 Å². The Morgan fingerprint density at radius 1 is 1.16 bits per heavy atom. The summed E-state index contributed by atoms with van der Waals surface area (Å²) in [7, 11) is 1.91. The van der Waals surface area contributed by atoms with E-state index in [4.69, 9.17) is 0 Å². The SMILES string of the molecule is CNc1ncnc2c1ccn2C1CCC(C2CC2)C1. The summed E-state index contributed by atoms with van der Waals surface area (Å²) in [5.74, 6) is 2.93.